The summed E-state index contributed by atoms with van der Waals surface area (Å²) >= 11 is 0. The highest BCUT2D eigenvalue weighted by Crippen LogP contribution is 2.17. The van der Waals surface area contributed by atoms with E-state index in [-0.39, 0.29) is 5.95 Å². The largest absolute Gasteiger partial charge is 0.368 e. The zero-order valence-electron chi connectivity index (χ0n) is 15.1. The minimum Gasteiger partial charge on any atom is -0.368 e. The molecule has 0 atom stereocenters. The molecule has 3 N–H and O–H groups in total. The number of pyridine rings is 1. The van der Waals surface area contributed by atoms with Gasteiger partial charge in [-0.3, -0.25) is 4.90 Å². The zero-order valence-corrected chi connectivity index (χ0v) is 15.1. The monoisotopic (exact) mass is 342 g/mol. The third kappa shape index (κ3) is 4.76. The molecule has 0 unspecified atom stereocenters. The van der Waals surface area contributed by atoms with E-state index in [1.165, 1.54) is 0 Å². The molecule has 8 nitrogen and oxygen atoms in total. The number of aromatic nitrogens is 4. The summed E-state index contributed by atoms with van der Waals surface area (Å²) in [5.74, 6) is 2.56. The lowest BCUT2D eigenvalue weighted by Gasteiger charge is -2.32. The van der Waals surface area contributed by atoms with Crippen molar-refractivity contribution >= 4 is 17.7 Å². The lowest BCUT2D eigenvalue weighted by Crippen LogP contribution is -2.39. The molecule has 0 bridgehead atoms. The molecule has 8 heteroatoms. The number of piperidine rings is 1. The second-order valence-electron chi connectivity index (χ2n) is 6.66. The molecule has 2 aromatic rings. The Kier molecular flexibility index (Phi) is 5.28. The minimum atomic E-state index is 0.274. The lowest BCUT2D eigenvalue weighted by molar-refractivity contribution is 0.206. The third-order valence-electron chi connectivity index (χ3n) is 4.28. The second kappa shape index (κ2) is 7.60. The molecular weight excluding hydrogens is 316 g/mol. The van der Waals surface area contributed by atoms with Crippen LogP contribution in [0, 0.1) is 6.92 Å². The van der Waals surface area contributed by atoms with Crippen LogP contribution >= 0.6 is 0 Å². The van der Waals surface area contributed by atoms with E-state index in [0.717, 1.165) is 43.3 Å². The molecule has 0 aliphatic carbocycles. The van der Waals surface area contributed by atoms with Gasteiger partial charge < -0.3 is 16.0 Å². The van der Waals surface area contributed by atoms with Gasteiger partial charge in [-0.1, -0.05) is 6.07 Å². The number of aryl methyl sites for hydroxylation is 1. The maximum absolute atomic E-state index is 5.80. The highest BCUT2D eigenvalue weighted by molar-refractivity contribution is 5.36. The van der Waals surface area contributed by atoms with Crippen LogP contribution in [0.15, 0.2) is 18.2 Å². The molecule has 134 valence electrons. The predicted octanol–water partition coefficient (Wildman–Crippen LogP) is 1.30. The number of anilines is 3. The Morgan fingerprint density at radius 1 is 1.16 bits per heavy atom. The predicted molar refractivity (Wildman–Crippen MR) is 99.5 cm³/mol. The van der Waals surface area contributed by atoms with Gasteiger partial charge in [-0.2, -0.15) is 15.0 Å². The molecule has 0 aromatic carbocycles. The van der Waals surface area contributed by atoms with Crippen LogP contribution in [0.2, 0.25) is 0 Å². The van der Waals surface area contributed by atoms with Gasteiger partial charge in [0.05, 0.1) is 6.54 Å². The van der Waals surface area contributed by atoms with E-state index in [1.54, 1.807) is 0 Å². The molecular formula is C17H26N8. The molecule has 3 rings (SSSR count). The van der Waals surface area contributed by atoms with Crippen LogP contribution < -0.4 is 16.0 Å². The van der Waals surface area contributed by atoms with Crippen LogP contribution in [0.25, 0.3) is 0 Å². The number of rotatable bonds is 5. The van der Waals surface area contributed by atoms with E-state index in [9.17, 15) is 0 Å². The van der Waals surface area contributed by atoms with Gasteiger partial charge in [0, 0.05) is 38.9 Å². The number of likely N-dealkylation sites (tertiary alicyclic amines) is 1. The molecule has 3 heterocycles. The van der Waals surface area contributed by atoms with E-state index in [0.29, 0.717) is 18.5 Å². The fourth-order valence-electron chi connectivity index (χ4n) is 2.96. The van der Waals surface area contributed by atoms with Crippen LogP contribution in [0.3, 0.4) is 0 Å². The Bertz CT molecular complexity index is 710. The number of hydrogen-bond donors (Lipinski definition) is 2. The summed E-state index contributed by atoms with van der Waals surface area (Å²) in [6.45, 7) is 4.69. The molecule has 1 saturated heterocycles. The van der Waals surface area contributed by atoms with Crippen molar-refractivity contribution in [3.05, 3.63) is 29.7 Å². The molecule has 25 heavy (non-hydrogen) atoms. The minimum absolute atomic E-state index is 0.274. The van der Waals surface area contributed by atoms with Gasteiger partial charge in [0.2, 0.25) is 11.9 Å². The van der Waals surface area contributed by atoms with E-state index in [4.69, 9.17) is 5.73 Å². The van der Waals surface area contributed by atoms with Crippen molar-refractivity contribution in [1.82, 2.24) is 24.8 Å². The number of nitrogens with two attached hydrogens (primary N) is 1. The summed E-state index contributed by atoms with van der Waals surface area (Å²) in [5, 5.41) is 3.53. The molecule has 0 saturated carbocycles. The third-order valence-corrected chi connectivity index (χ3v) is 4.28. The number of nitrogens with one attached hydrogen (secondary N) is 1. The van der Waals surface area contributed by atoms with Crippen LogP contribution in [-0.4, -0.2) is 58.1 Å². The van der Waals surface area contributed by atoms with E-state index in [2.05, 4.69) is 30.2 Å². The Labute approximate surface area is 148 Å². The first-order valence-electron chi connectivity index (χ1n) is 8.60. The fourth-order valence-corrected chi connectivity index (χ4v) is 2.96. The molecule has 1 aliphatic rings. The molecule has 1 aliphatic heterocycles. The summed E-state index contributed by atoms with van der Waals surface area (Å²) in [6, 6.07) is 6.52. The topological polar surface area (TPSA) is 96.1 Å². The number of nitrogen functional groups attached to an aromatic ring is 1. The molecule has 0 radical (unpaired) electrons. The van der Waals surface area contributed by atoms with E-state index >= 15 is 0 Å². The van der Waals surface area contributed by atoms with Crippen LogP contribution in [-0.2, 0) is 6.54 Å². The van der Waals surface area contributed by atoms with Crippen molar-refractivity contribution in [2.24, 2.45) is 0 Å². The van der Waals surface area contributed by atoms with Crippen molar-refractivity contribution in [3.63, 3.8) is 0 Å². The Morgan fingerprint density at radius 3 is 2.60 bits per heavy atom. The number of nitrogens with zero attached hydrogens (tertiary/aromatic N) is 6. The van der Waals surface area contributed by atoms with Crippen molar-refractivity contribution in [2.75, 3.05) is 43.1 Å². The molecule has 2 aromatic heterocycles. The average molecular weight is 342 g/mol. The molecule has 0 spiro atoms. The van der Waals surface area contributed by atoms with E-state index in [1.807, 2.05) is 44.1 Å². The zero-order chi connectivity index (χ0) is 17.8. The lowest BCUT2D eigenvalue weighted by atomic mass is 10.1. The highest BCUT2D eigenvalue weighted by Gasteiger charge is 2.20. The van der Waals surface area contributed by atoms with Crippen molar-refractivity contribution in [2.45, 2.75) is 32.4 Å². The normalized spacial score (nSPS) is 16.0. The van der Waals surface area contributed by atoms with Crippen LogP contribution in [0.5, 0.6) is 0 Å². The van der Waals surface area contributed by atoms with Gasteiger partial charge >= 0.3 is 0 Å². The van der Waals surface area contributed by atoms with Crippen LogP contribution in [0.4, 0.5) is 17.7 Å². The number of hydrogen-bond acceptors (Lipinski definition) is 8. The first-order chi connectivity index (χ1) is 12.0. The van der Waals surface area contributed by atoms with Gasteiger partial charge in [-0.05, 0) is 31.9 Å². The standard InChI is InChI=1S/C17H26N8/c1-12-5-4-6-14(19-12)20-13-7-9-25(10-8-13)11-15-21-16(18)23-17(22-15)24(2)3/h4-6,13H,7-11H2,1-3H3,(H,19,20)(H2,18,21,22,23). The fraction of sp³-hybridized carbons (Fsp3) is 0.529. The van der Waals surface area contributed by atoms with Gasteiger partial charge in [0.25, 0.3) is 0 Å². The second-order valence-corrected chi connectivity index (χ2v) is 6.66. The maximum Gasteiger partial charge on any atom is 0.229 e. The summed E-state index contributed by atoms with van der Waals surface area (Å²) < 4.78 is 0. The first-order valence-corrected chi connectivity index (χ1v) is 8.60. The molecule has 0 amide bonds. The quantitative estimate of drug-likeness (QED) is 0.839. The Hall–Kier alpha value is -2.48. The first kappa shape index (κ1) is 17.3. The van der Waals surface area contributed by atoms with Crippen LogP contribution in [0.1, 0.15) is 24.4 Å². The Morgan fingerprint density at radius 2 is 1.92 bits per heavy atom. The van der Waals surface area contributed by atoms with Crippen molar-refractivity contribution in [3.8, 4) is 0 Å². The van der Waals surface area contributed by atoms with Gasteiger partial charge in [-0.15, -0.1) is 0 Å². The summed E-state index contributed by atoms with van der Waals surface area (Å²) in [5.41, 5.74) is 6.83. The smallest absolute Gasteiger partial charge is 0.229 e. The van der Waals surface area contributed by atoms with Crippen molar-refractivity contribution in [1.29, 1.82) is 0 Å². The summed E-state index contributed by atoms with van der Waals surface area (Å²) in [6.07, 6.45) is 2.13. The average Bonchev–Trinajstić information content (AvgIpc) is 2.56. The molecule has 1 fully saturated rings. The maximum atomic E-state index is 5.80. The summed E-state index contributed by atoms with van der Waals surface area (Å²) in [7, 11) is 3.80. The summed E-state index contributed by atoms with van der Waals surface area (Å²) in [4.78, 5) is 21.6. The van der Waals surface area contributed by atoms with Gasteiger partial charge in [-0.25, -0.2) is 4.98 Å². The van der Waals surface area contributed by atoms with Gasteiger partial charge in [0.1, 0.15) is 11.6 Å². The Balaban J connectivity index is 1.54. The van der Waals surface area contributed by atoms with Crippen molar-refractivity contribution < 1.29 is 0 Å². The van der Waals surface area contributed by atoms with E-state index < -0.39 is 0 Å². The van der Waals surface area contributed by atoms with Gasteiger partial charge in [0.15, 0.2) is 0 Å². The SMILES string of the molecule is Cc1cccc(NC2CCN(Cc3nc(N)nc(N(C)C)n3)CC2)n1. The highest BCUT2D eigenvalue weighted by atomic mass is 15.3.